The number of rotatable bonds is 1. The van der Waals surface area contributed by atoms with Crippen LogP contribution in [0.1, 0.15) is 40.0 Å². The molecule has 17 heavy (non-hydrogen) atoms. The summed E-state index contributed by atoms with van der Waals surface area (Å²) >= 11 is 0. The fourth-order valence-electron chi connectivity index (χ4n) is 4.84. The maximum atomic E-state index is 11.3. The number of hydrogen-bond acceptors (Lipinski definition) is 3. The molecule has 3 fully saturated rings. The van der Waals surface area contributed by atoms with Crippen LogP contribution in [0.25, 0.3) is 0 Å². The molecule has 1 saturated heterocycles. The molecule has 92 valence electrons. The van der Waals surface area contributed by atoms with E-state index in [9.17, 15) is 10.1 Å². The average molecular weight is 233 g/mol. The number of hydrogen-bond donors (Lipinski definition) is 1. The quantitative estimate of drug-likeness (QED) is 0.745. The van der Waals surface area contributed by atoms with Crippen molar-refractivity contribution in [2.24, 2.45) is 16.7 Å². The van der Waals surface area contributed by atoms with Gasteiger partial charge in [0, 0.05) is 18.9 Å². The van der Waals surface area contributed by atoms with Gasteiger partial charge >= 0.3 is 0 Å². The number of carbonyl (C=O) groups is 1. The maximum absolute atomic E-state index is 11.3. The topological polar surface area (TPSA) is 56.1 Å². The molecule has 1 heterocycles. The second-order valence-corrected chi connectivity index (χ2v) is 6.42. The smallest absolute Gasteiger partial charge is 0.231 e. The van der Waals surface area contributed by atoms with E-state index < -0.39 is 5.54 Å². The molecule has 1 aliphatic heterocycles. The van der Waals surface area contributed by atoms with Gasteiger partial charge < -0.3 is 0 Å². The molecule has 4 bridgehead atoms. The highest BCUT2D eigenvalue weighted by Gasteiger charge is 2.78. The highest BCUT2D eigenvalue weighted by Crippen LogP contribution is 2.75. The second-order valence-electron chi connectivity index (χ2n) is 6.42. The van der Waals surface area contributed by atoms with Gasteiger partial charge in [-0.1, -0.05) is 13.8 Å². The van der Waals surface area contributed by atoms with Crippen molar-refractivity contribution in [3.8, 4) is 6.07 Å². The van der Waals surface area contributed by atoms with E-state index in [2.05, 4.69) is 25.3 Å². The first-order valence-electron chi connectivity index (χ1n) is 6.36. The van der Waals surface area contributed by atoms with Gasteiger partial charge in [0.25, 0.3) is 0 Å². The van der Waals surface area contributed by atoms with E-state index in [-0.39, 0.29) is 16.7 Å². The van der Waals surface area contributed by atoms with E-state index in [1.54, 1.807) is 0 Å². The fourth-order valence-corrected chi connectivity index (χ4v) is 4.84. The zero-order valence-corrected chi connectivity index (χ0v) is 10.7. The van der Waals surface area contributed by atoms with Crippen LogP contribution in [0, 0.1) is 28.1 Å². The standard InChI is InChI=1S/C13H19N3O/c1-9(17)15-16-8-11(2)10-4-5-12(11,3)13(16,6-10)7-14/h10H,4-6,8H2,1-3H3,(H,15,17)/t10-,11-,12+,13-/m1/s1. The zero-order valence-electron chi connectivity index (χ0n) is 10.7. The first-order chi connectivity index (χ1) is 7.89. The van der Waals surface area contributed by atoms with Crippen molar-refractivity contribution in [2.75, 3.05) is 6.54 Å². The third-order valence-electron chi connectivity index (χ3n) is 6.03. The number of hydrazine groups is 1. The minimum atomic E-state index is -0.476. The molecule has 4 atom stereocenters. The van der Waals surface area contributed by atoms with Crippen molar-refractivity contribution in [1.29, 1.82) is 5.26 Å². The maximum Gasteiger partial charge on any atom is 0.231 e. The van der Waals surface area contributed by atoms with Gasteiger partial charge in [-0.05, 0) is 30.6 Å². The highest BCUT2D eigenvalue weighted by molar-refractivity contribution is 5.72. The summed E-state index contributed by atoms with van der Waals surface area (Å²) in [6.45, 7) is 6.87. The van der Waals surface area contributed by atoms with Gasteiger partial charge in [0.1, 0.15) is 5.54 Å². The monoisotopic (exact) mass is 233 g/mol. The Balaban J connectivity index is 2.07. The van der Waals surface area contributed by atoms with Gasteiger partial charge in [-0.3, -0.25) is 10.2 Å². The lowest BCUT2D eigenvalue weighted by Gasteiger charge is -2.42. The van der Waals surface area contributed by atoms with Gasteiger partial charge in [-0.2, -0.15) is 10.3 Å². The summed E-state index contributed by atoms with van der Waals surface area (Å²) in [6, 6.07) is 2.53. The van der Waals surface area contributed by atoms with Crippen LogP contribution in [0.2, 0.25) is 0 Å². The van der Waals surface area contributed by atoms with Crippen molar-refractivity contribution in [2.45, 2.75) is 45.6 Å². The molecule has 0 spiro atoms. The Morgan fingerprint density at radius 1 is 1.53 bits per heavy atom. The summed E-state index contributed by atoms with van der Waals surface area (Å²) < 4.78 is 0. The Labute approximate surface area is 102 Å². The van der Waals surface area contributed by atoms with E-state index in [4.69, 9.17) is 0 Å². The molecular formula is C13H19N3O. The van der Waals surface area contributed by atoms with E-state index >= 15 is 0 Å². The van der Waals surface area contributed by atoms with Crippen LogP contribution in [0.3, 0.4) is 0 Å². The molecule has 1 amide bonds. The van der Waals surface area contributed by atoms with E-state index in [1.165, 1.54) is 13.3 Å². The number of nitrogens with zero attached hydrogens (tertiary/aromatic N) is 2. The third kappa shape index (κ3) is 0.924. The molecule has 4 nitrogen and oxygen atoms in total. The SMILES string of the molecule is CC(=O)NN1C[C@]2(C)[C@@H]3CC[C@]2(C)[C@]1(C#N)C3. The number of amides is 1. The summed E-state index contributed by atoms with van der Waals surface area (Å²) in [6.07, 6.45) is 3.26. The Morgan fingerprint density at radius 3 is 2.76 bits per heavy atom. The summed E-state index contributed by atoms with van der Waals surface area (Å²) in [7, 11) is 0. The molecule has 0 aromatic carbocycles. The number of carbonyl (C=O) groups excluding carboxylic acids is 1. The summed E-state index contributed by atoms with van der Waals surface area (Å²) in [5, 5.41) is 11.6. The second kappa shape index (κ2) is 2.84. The van der Waals surface area contributed by atoms with Crippen molar-refractivity contribution in [3.05, 3.63) is 0 Å². The lowest BCUT2D eigenvalue weighted by Crippen LogP contribution is -2.58. The summed E-state index contributed by atoms with van der Waals surface area (Å²) in [5.74, 6) is 0.576. The number of piperidine rings is 1. The molecule has 0 aromatic rings. The van der Waals surface area contributed by atoms with Crippen LogP contribution in [0.4, 0.5) is 0 Å². The molecule has 0 unspecified atom stereocenters. The predicted octanol–water partition coefficient (Wildman–Crippen LogP) is 1.44. The molecular weight excluding hydrogens is 214 g/mol. The Kier molecular flexibility index (Phi) is 1.84. The van der Waals surface area contributed by atoms with E-state index in [0.29, 0.717) is 5.92 Å². The fraction of sp³-hybridized carbons (Fsp3) is 0.846. The van der Waals surface area contributed by atoms with Crippen molar-refractivity contribution in [3.63, 3.8) is 0 Å². The lowest BCUT2D eigenvalue weighted by atomic mass is 9.66. The zero-order chi connectivity index (χ0) is 12.5. The summed E-state index contributed by atoms with van der Waals surface area (Å²) in [5.41, 5.74) is 2.61. The Hall–Kier alpha value is -1.08. The van der Waals surface area contributed by atoms with Crippen LogP contribution in [0.15, 0.2) is 0 Å². The minimum Gasteiger partial charge on any atom is -0.288 e. The highest BCUT2D eigenvalue weighted by atomic mass is 16.2. The molecule has 0 aromatic heterocycles. The Bertz CT molecular complexity index is 442. The van der Waals surface area contributed by atoms with Gasteiger partial charge in [0.2, 0.25) is 5.91 Å². The minimum absolute atomic E-state index is 0.0296. The molecule has 3 rings (SSSR count). The first-order valence-corrected chi connectivity index (χ1v) is 6.36. The third-order valence-corrected chi connectivity index (χ3v) is 6.03. The van der Waals surface area contributed by atoms with Crippen molar-refractivity contribution < 1.29 is 4.79 Å². The van der Waals surface area contributed by atoms with Gasteiger partial charge in [-0.15, -0.1) is 0 Å². The van der Waals surface area contributed by atoms with Crippen LogP contribution >= 0.6 is 0 Å². The predicted molar refractivity (Wildman–Crippen MR) is 62.4 cm³/mol. The van der Waals surface area contributed by atoms with Crippen LogP contribution in [-0.2, 0) is 4.79 Å². The summed E-state index contributed by atoms with van der Waals surface area (Å²) in [4.78, 5) is 11.3. The molecule has 4 heteroatoms. The molecule has 2 saturated carbocycles. The molecule has 3 aliphatic rings. The van der Waals surface area contributed by atoms with Gasteiger partial charge in [-0.25, -0.2) is 0 Å². The molecule has 2 aliphatic carbocycles. The van der Waals surface area contributed by atoms with Crippen molar-refractivity contribution in [1.82, 2.24) is 10.4 Å². The van der Waals surface area contributed by atoms with Crippen LogP contribution in [0.5, 0.6) is 0 Å². The first kappa shape index (κ1) is 11.0. The normalized spacial score (nSPS) is 51.5. The van der Waals surface area contributed by atoms with Crippen LogP contribution in [-0.4, -0.2) is 23.0 Å². The molecule has 1 N–H and O–H groups in total. The number of nitriles is 1. The lowest BCUT2D eigenvalue weighted by molar-refractivity contribution is -0.127. The Morgan fingerprint density at radius 2 is 2.24 bits per heavy atom. The largest absolute Gasteiger partial charge is 0.288 e. The average Bonchev–Trinajstić information content (AvgIpc) is 2.68. The molecule has 0 radical (unpaired) electrons. The van der Waals surface area contributed by atoms with E-state index in [1.807, 2.05) is 5.01 Å². The van der Waals surface area contributed by atoms with Crippen LogP contribution < -0.4 is 5.43 Å². The van der Waals surface area contributed by atoms with Gasteiger partial charge in [0.05, 0.1) is 6.07 Å². The van der Waals surface area contributed by atoms with E-state index in [0.717, 1.165) is 19.4 Å². The van der Waals surface area contributed by atoms with Crippen molar-refractivity contribution >= 4 is 5.91 Å². The number of nitrogens with one attached hydrogen (secondary N) is 1. The van der Waals surface area contributed by atoms with Gasteiger partial charge in [0.15, 0.2) is 0 Å².